The average molecular weight is 332 g/mol. The predicted molar refractivity (Wildman–Crippen MR) is 85.1 cm³/mol. The number of thiophene rings is 1. The Hall–Kier alpha value is -0.470. The minimum atomic E-state index is -3.44. The number of rotatable bonds is 6. The number of aliphatic hydroxyl groups is 1. The molecule has 0 aliphatic carbocycles. The Balaban J connectivity index is 2.19. The van der Waals surface area contributed by atoms with Crippen molar-refractivity contribution in [1.29, 1.82) is 0 Å². The fourth-order valence-electron chi connectivity index (χ4n) is 2.96. The first-order chi connectivity index (χ1) is 9.93. The van der Waals surface area contributed by atoms with Crippen LogP contribution in [-0.4, -0.2) is 55.0 Å². The van der Waals surface area contributed by atoms with Crippen molar-refractivity contribution < 1.29 is 13.5 Å². The van der Waals surface area contributed by atoms with E-state index in [1.807, 2.05) is 0 Å². The van der Waals surface area contributed by atoms with Crippen molar-refractivity contribution >= 4 is 21.4 Å². The summed E-state index contributed by atoms with van der Waals surface area (Å²) < 4.78 is 27.1. The first-order valence-corrected chi connectivity index (χ1v) is 9.64. The summed E-state index contributed by atoms with van der Waals surface area (Å²) in [5.41, 5.74) is 0. The number of aryl methyl sites for hydroxylation is 1. The van der Waals surface area contributed by atoms with Crippen molar-refractivity contribution in [2.75, 3.05) is 26.2 Å². The SMILES string of the molecule is CCN(CC)C1CCN(S(=O)(=O)c2cc(CO)sc2C)C1. The molecule has 0 aromatic carbocycles. The van der Waals surface area contributed by atoms with Gasteiger partial charge in [-0.1, -0.05) is 13.8 Å². The summed E-state index contributed by atoms with van der Waals surface area (Å²) in [4.78, 5) is 4.13. The van der Waals surface area contributed by atoms with Crippen LogP contribution in [0.2, 0.25) is 0 Å². The van der Waals surface area contributed by atoms with Gasteiger partial charge >= 0.3 is 0 Å². The summed E-state index contributed by atoms with van der Waals surface area (Å²) in [5.74, 6) is 0. The van der Waals surface area contributed by atoms with Gasteiger partial charge in [0, 0.05) is 28.9 Å². The van der Waals surface area contributed by atoms with Crippen LogP contribution in [0, 0.1) is 6.92 Å². The van der Waals surface area contributed by atoms with Gasteiger partial charge in [0.05, 0.1) is 11.5 Å². The highest BCUT2D eigenvalue weighted by Gasteiger charge is 2.35. The Morgan fingerprint density at radius 3 is 2.62 bits per heavy atom. The van der Waals surface area contributed by atoms with Crippen LogP contribution in [0.1, 0.15) is 30.0 Å². The fraction of sp³-hybridized carbons (Fsp3) is 0.714. The lowest BCUT2D eigenvalue weighted by molar-refractivity contribution is 0.224. The van der Waals surface area contributed by atoms with Crippen LogP contribution in [0.15, 0.2) is 11.0 Å². The maximum absolute atomic E-state index is 12.8. The summed E-state index contributed by atoms with van der Waals surface area (Å²) in [6, 6.07) is 1.92. The first-order valence-electron chi connectivity index (χ1n) is 7.38. The molecule has 1 fully saturated rings. The van der Waals surface area contributed by atoms with Gasteiger partial charge in [-0.25, -0.2) is 8.42 Å². The summed E-state index contributed by atoms with van der Waals surface area (Å²) >= 11 is 1.35. The number of sulfonamides is 1. The molecular formula is C14H24N2O3S2. The molecule has 0 saturated carbocycles. The molecular weight excluding hydrogens is 308 g/mol. The highest BCUT2D eigenvalue weighted by Crippen LogP contribution is 2.30. The molecule has 0 bridgehead atoms. The number of aliphatic hydroxyl groups excluding tert-OH is 1. The molecule has 1 unspecified atom stereocenters. The number of hydrogen-bond donors (Lipinski definition) is 1. The Morgan fingerprint density at radius 1 is 1.43 bits per heavy atom. The number of nitrogens with zero attached hydrogens (tertiary/aromatic N) is 2. The topological polar surface area (TPSA) is 60.9 Å². The molecule has 1 aliphatic rings. The highest BCUT2D eigenvalue weighted by molar-refractivity contribution is 7.89. The smallest absolute Gasteiger partial charge is 0.244 e. The van der Waals surface area contributed by atoms with Crippen LogP contribution in [0.25, 0.3) is 0 Å². The third-order valence-electron chi connectivity index (χ3n) is 4.15. The van der Waals surface area contributed by atoms with Crippen LogP contribution >= 0.6 is 11.3 Å². The van der Waals surface area contributed by atoms with E-state index in [1.54, 1.807) is 17.3 Å². The van der Waals surface area contributed by atoms with Crippen LogP contribution in [0.3, 0.4) is 0 Å². The number of hydrogen-bond acceptors (Lipinski definition) is 5. The summed E-state index contributed by atoms with van der Waals surface area (Å²) in [6.07, 6.45) is 0.886. The Kier molecular flexibility index (Phi) is 5.43. The van der Waals surface area contributed by atoms with E-state index in [2.05, 4.69) is 18.7 Å². The third-order valence-corrected chi connectivity index (χ3v) is 7.31. The van der Waals surface area contributed by atoms with E-state index >= 15 is 0 Å². The maximum atomic E-state index is 12.8. The van der Waals surface area contributed by atoms with Gasteiger partial charge in [-0.3, -0.25) is 4.90 Å². The van der Waals surface area contributed by atoms with Crippen molar-refractivity contribution in [3.8, 4) is 0 Å². The molecule has 7 heteroatoms. The molecule has 0 amide bonds. The molecule has 1 aliphatic heterocycles. The molecule has 2 rings (SSSR count). The van der Waals surface area contributed by atoms with Gasteiger partial charge in [0.2, 0.25) is 10.0 Å². The molecule has 1 saturated heterocycles. The van der Waals surface area contributed by atoms with Crippen molar-refractivity contribution in [3.63, 3.8) is 0 Å². The second kappa shape index (κ2) is 6.75. The van der Waals surface area contributed by atoms with Crippen molar-refractivity contribution in [3.05, 3.63) is 15.8 Å². The van der Waals surface area contributed by atoms with E-state index in [0.717, 1.165) is 24.4 Å². The largest absolute Gasteiger partial charge is 0.391 e. The highest BCUT2D eigenvalue weighted by atomic mass is 32.2. The van der Waals surface area contributed by atoms with Gasteiger partial charge in [0.25, 0.3) is 0 Å². The lowest BCUT2D eigenvalue weighted by Crippen LogP contribution is -2.38. The molecule has 0 radical (unpaired) electrons. The van der Waals surface area contributed by atoms with E-state index in [9.17, 15) is 13.5 Å². The molecule has 0 spiro atoms. The van der Waals surface area contributed by atoms with Gasteiger partial charge in [0.1, 0.15) is 0 Å². The molecule has 21 heavy (non-hydrogen) atoms. The minimum absolute atomic E-state index is 0.108. The van der Waals surface area contributed by atoms with E-state index in [0.29, 0.717) is 28.9 Å². The first kappa shape index (κ1) is 16.9. The second-order valence-corrected chi connectivity index (χ2v) is 8.57. The van der Waals surface area contributed by atoms with E-state index in [4.69, 9.17) is 0 Å². The molecule has 1 aromatic heterocycles. The lowest BCUT2D eigenvalue weighted by Gasteiger charge is -2.26. The van der Waals surface area contributed by atoms with Gasteiger partial charge in [-0.15, -0.1) is 11.3 Å². The van der Waals surface area contributed by atoms with Gasteiger partial charge in [-0.05, 0) is 32.5 Å². The Bertz CT molecular complexity index is 579. The van der Waals surface area contributed by atoms with E-state index in [1.165, 1.54) is 11.3 Å². The van der Waals surface area contributed by atoms with Crippen molar-refractivity contribution in [1.82, 2.24) is 9.21 Å². The summed E-state index contributed by atoms with van der Waals surface area (Å²) in [5, 5.41) is 9.18. The second-order valence-electron chi connectivity index (χ2n) is 5.32. The Labute approximate surface area is 131 Å². The van der Waals surface area contributed by atoms with E-state index in [-0.39, 0.29) is 6.61 Å². The van der Waals surface area contributed by atoms with Crippen LogP contribution in [0.5, 0.6) is 0 Å². The zero-order valence-corrected chi connectivity index (χ0v) is 14.5. The molecule has 1 N–H and O–H groups in total. The van der Waals surface area contributed by atoms with Crippen molar-refractivity contribution in [2.45, 2.75) is 44.7 Å². The fourth-order valence-corrected chi connectivity index (χ4v) is 5.92. The molecule has 5 nitrogen and oxygen atoms in total. The predicted octanol–water partition coefficient (Wildman–Crippen LogP) is 1.65. The quantitative estimate of drug-likeness (QED) is 0.860. The summed E-state index contributed by atoms with van der Waals surface area (Å²) in [7, 11) is -3.44. The third kappa shape index (κ3) is 3.32. The monoisotopic (exact) mass is 332 g/mol. The van der Waals surface area contributed by atoms with Crippen LogP contribution < -0.4 is 0 Å². The Morgan fingerprint density at radius 2 is 2.10 bits per heavy atom. The zero-order chi connectivity index (χ0) is 15.6. The normalized spacial score (nSPS) is 20.5. The average Bonchev–Trinajstić information content (AvgIpc) is 3.07. The van der Waals surface area contributed by atoms with Crippen LogP contribution in [-0.2, 0) is 16.6 Å². The van der Waals surface area contributed by atoms with E-state index < -0.39 is 10.0 Å². The maximum Gasteiger partial charge on any atom is 0.244 e. The molecule has 2 heterocycles. The van der Waals surface area contributed by atoms with Gasteiger partial charge in [-0.2, -0.15) is 4.31 Å². The molecule has 1 aromatic rings. The standard InChI is InChI=1S/C14H24N2O3S2/c1-4-15(5-2)12-6-7-16(9-12)21(18,19)14-8-13(10-17)20-11(14)3/h8,12,17H,4-7,9-10H2,1-3H3. The van der Waals surface area contributed by atoms with Gasteiger partial charge in [0.15, 0.2) is 0 Å². The zero-order valence-electron chi connectivity index (χ0n) is 12.9. The lowest BCUT2D eigenvalue weighted by atomic mass is 10.2. The number of likely N-dealkylation sites (N-methyl/N-ethyl adjacent to an activating group) is 1. The van der Waals surface area contributed by atoms with Crippen molar-refractivity contribution in [2.24, 2.45) is 0 Å². The summed E-state index contributed by atoms with van der Waals surface area (Å²) in [6.45, 7) is 8.94. The molecule has 1 atom stereocenters. The van der Waals surface area contributed by atoms with Gasteiger partial charge < -0.3 is 5.11 Å². The van der Waals surface area contributed by atoms with Crippen LogP contribution in [0.4, 0.5) is 0 Å². The molecule has 120 valence electrons. The minimum Gasteiger partial charge on any atom is -0.391 e.